The molecular weight excluding hydrogens is 254 g/mol. The summed E-state index contributed by atoms with van der Waals surface area (Å²) >= 11 is 5.24. The number of hydrogen-bond donors (Lipinski definition) is 2. The number of rotatable bonds is 3. The lowest BCUT2D eigenvalue weighted by molar-refractivity contribution is 0.412. The lowest BCUT2D eigenvalue weighted by atomic mass is 9.96. The first-order chi connectivity index (χ1) is 9.24. The number of hydrogen-bond acceptors (Lipinski definition) is 2. The molecule has 2 N–H and O–H groups in total. The molecule has 0 amide bonds. The lowest BCUT2D eigenvalue weighted by Crippen LogP contribution is -2.40. The minimum atomic E-state index is 0.517. The lowest BCUT2D eigenvalue weighted by Gasteiger charge is -2.23. The summed E-state index contributed by atoms with van der Waals surface area (Å²) in [6.45, 7) is 2.07. The van der Waals surface area contributed by atoms with Gasteiger partial charge in [0, 0.05) is 6.04 Å². The van der Waals surface area contributed by atoms with Gasteiger partial charge >= 0.3 is 0 Å². The molecule has 1 aliphatic rings. The second-order valence-electron chi connectivity index (χ2n) is 5.09. The quantitative estimate of drug-likeness (QED) is 0.505. The summed E-state index contributed by atoms with van der Waals surface area (Å²) in [7, 11) is 0. The van der Waals surface area contributed by atoms with Gasteiger partial charge in [0.25, 0.3) is 0 Å². The fourth-order valence-corrected chi connectivity index (χ4v) is 2.60. The second-order valence-corrected chi connectivity index (χ2v) is 5.50. The van der Waals surface area contributed by atoms with E-state index < -0.39 is 0 Å². The largest absolute Gasteiger partial charge is 0.359 e. The van der Waals surface area contributed by atoms with E-state index in [1.54, 1.807) is 6.21 Å². The van der Waals surface area contributed by atoms with Gasteiger partial charge in [-0.3, -0.25) is 5.43 Å². The van der Waals surface area contributed by atoms with Crippen molar-refractivity contribution < 1.29 is 0 Å². The van der Waals surface area contributed by atoms with Gasteiger partial charge in [0.05, 0.1) is 6.21 Å². The molecule has 102 valence electrons. The third kappa shape index (κ3) is 4.99. The van der Waals surface area contributed by atoms with Crippen molar-refractivity contribution in [1.82, 2.24) is 10.7 Å². The molecule has 1 fully saturated rings. The van der Waals surface area contributed by atoms with Crippen LogP contribution in [-0.4, -0.2) is 17.4 Å². The Bertz CT molecular complexity index is 450. The van der Waals surface area contributed by atoms with E-state index in [1.807, 2.05) is 12.1 Å². The van der Waals surface area contributed by atoms with Crippen molar-refractivity contribution in [3.05, 3.63) is 35.4 Å². The van der Waals surface area contributed by atoms with Crippen LogP contribution in [0.5, 0.6) is 0 Å². The Morgan fingerprint density at radius 2 is 2.11 bits per heavy atom. The molecule has 0 bridgehead atoms. The van der Waals surface area contributed by atoms with E-state index in [0.717, 1.165) is 5.56 Å². The Balaban J connectivity index is 1.76. The summed E-state index contributed by atoms with van der Waals surface area (Å²) in [6, 6.07) is 8.72. The molecule has 1 saturated carbocycles. The zero-order valence-electron chi connectivity index (χ0n) is 11.4. The third-order valence-electron chi connectivity index (χ3n) is 3.36. The highest BCUT2D eigenvalue weighted by Gasteiger charge is 2.13. The molecule has 3 nitrogen and oxygen atoms in total. The van der Waals surface area contributed by atoms with Gasteiger partial charge in [-0.05, 0) is 37.5 Å². The highest BCUT2D eigenvalue weighted by atomic mass is 32.1. The van der Waals surface area contributed by atoms with Crippen molar-refractivity contribution in [3.63, 3.8) is 0 Å². The Morgan fingerprint density at radius 1 is 1.32 bits per heavy atom. The van der Waals surface area contributed by atoms with Crippen LogP contribution in [0.3, 0.4) is 0 Å². The van der Waals surface area contributed by atoms with Crippen LogP contribution in [0.1, 0.15) is 43.2 Å². The average molecular weight is 275 g/mol. The van der Waals surface area contributed by atoms with Gasteiger partial charge < -0.3 is 5.32 Å². The molecule has 0 saturated heterocycles. The SMILES string of the molecule is Cc1cccc(/C=N/NC(=S)NC2CCCCC2)c1. The maximum Gasteiger partial charge on any atom is 0.187 e. The standard InChI is InChI=1S/C15H21N3S/c1-12-6-5-7-13(10-12)11-16-18-15(19)17-14-8-3-2-4-9-14/h5-7,10-11,14H,2-4,8-9H2,1H3,(H2,17,18,19)/b16-11+. The number of aryl methyl sites for hydroxylation is 1. The number of benzene rings is 1. The first-order valence-electron chi connectivity index (χ1n) is 6.90. The molecule has 19 heavy (non-hydrogen) atoms. The Hall–Kier alpha value is -1.42. The minimum Gasteiger partial charge on any atom is -0.359 e. The van der Waals surface area contributed by atoms with Crippen LogP contribution in [0, 0.1) is 6.92 Å². The summed E-state index contributed by atoms with van der Waals surface area (Å²) in [5.74, 6) is 0. The van der Waals surface area contributed by atoms with E-state index in [0.29, 0.717) is 11.2 Å². The van der Waals surface area contributed by atoms with Crippen LogP contribution in [0.4, 0.5) is 0 Å². The molecule has 1 aromatic carbocycles. The summed E-state index contributed by atoms with van der Waals surface area (Å²) in [4.78, 5) is 0. The van der Waals surface area contributed by atoms with Gasteiger partial charge in [0.2, 0.25) is 0 Å². The fourth-order valence-electron chi connectivity index (χ4n) is 2.38. The topological polar surface area (TPSA) is 36.4 Å². The van der Waals surface area contributed by atoms with Gasteiger partial charge in [-0.15, -0.1) is 0 Å². The first-order valence-corrected chi connectivity index (χ1v) is 7.31. The number of nitrogens with one attached hydrogen (secondary N) is 2. The zero-order chi connectivity index (χ0) is 13.5. The molecule has 0 unspecified atom stereocenters. The summed E-state index contributed by atoms with van der Waals surface area (Å²) < 4.78 is 0. The van der Waals surface area contributed by atoms with E-state index in [4.69, 9.17) is 12.2 Å². The van der Waals surface area contributed by atoms with Crippen LogP contribution in [0.15, 0.2) is 29.4 Å². The van der Waals surface area contributed by atoms with Crippen LogP contribution in [0.2, 0.25) is 0 Å². The highest BCUT2D eigenvalue weighted by Crippen LogP contribution is 2.17. The number of nitrogens with zero attached hydrogens (tertiary/aromatic N) is 1. The van der Waals surface area contributed by atoms with Crippen LogP contribution >= 0.6 is 12.2 Å². The van der Waals surface area contributed by atoms with Crippen molar-refractivity contribution in [2.75, 3.05) is 0 Å². The molecule has 1 aliphatic carbocycles. The molecule has 2 rings (SSSR count). The molecule has 0 aromatic heterocycles. The van der Waals surface area contributed by atoms with Gasteiger partial charge in [-0.25, -0.2) is 0 Å². The Labute approximate surface area is 120 Å². The molecule has 0 radical (unpaired) electrons. The predicted molar refractivity (Wildman–Crippen MR) is 84.5 cm³/mol. The Morgan fingerprint density at radius 3 is 2.84 bits per heavy atom. The number of thiocarbonyl (C=S) groups is 1. The zero-order valence-corrected chi connectivity index (χ0v) is 12.2. The molecule has 0 atom stereocenters. The van der Waals surface area contributed by atoms with E-state index in [-0.39, 0.29) is 0 Å². The molecule has 0 aliphatic heterocycles. The smallest absolute Gasteiger partial charge is 0.187 e. The molecular formula is C15H21N3S. The highest BCUT2D eigenvalue weighted by molar-refractivity contribution is 7.80. The van der Waals surface area contributed by atoms with Gasteiger partial charge in [0.1, 0.15) is 0 Å². The van der Waals surface area contributed by atoms with Crippen molar-refractivity contribution in [2.45, 2.75) is 45.1 Å². The van der Waals surface area contributed by atoms with E-state index in [9.17, 15) is 0 Å². The Kier molecular flexibility index (Phi) is 5.33. The minimum absolute atomic E-state index is 0.517. The second kappa shape index (κ2) is 7.24. The summed E-state index contributed by atoms with van der Waals surface area (Å²) in [5.41, 5.74) is 5.19. The van der Waals surface area contributed by atoms with E-state index >= 15 is 0 Å². The molecule has 0 heterocycles. The van der Waals surface area contributed by atoms with Crippen molar-refractivity contribution in [1.29, 1.82) is 0 Å². The third-order valence-corrected chi connectivity index (χ3v) is 3.57. The monoisotopic (exact) mass is 275 g/mol. The number of hydrazone groups is 1. The fraction of sp³-hybridized carbons (Fsp3) is 0.467. The van der Waals surface area contributed by atoms with Gasteiger partial charge in [0.15, 0.2) is 5.11 Å². The predicted octanol–water partition coefficient (Wildman–Crippen LogP) is 3.13. The maximum absolute atomic E-state index is 5.24. The van der Waals surface area contributed by atoms with Gasteiger partial charge in [-0.2, -0.15) is 5.10 Å². The van der Waals surface area contributed by atoms with Crippen LogP contribution in [0.25, 0.3) is 0 Å². The molecule has 4 heteroatoms. The molecule has 0 spiro atoms. The average Bonchev–Trinajstić information content (AvgIpc) is 2.40. The van der Waals surface area contributed by atoms with Crippen molar-refractivity contribution in [3.8, 4) is 0 Å². The maximum atomic E-state index is 5.24. The summed E-state index contributed by atoms with van der Waals surface area (Å²) in [5, 5.41) is 8.11. The normalized spacial score (nSPS) is 16.5. The van der Waals surface area contributed by atoms with Crippen LogP contribution < -0.4 is 10.7 Å². The van der Waals surface area contributed by atoms with Gasteiger partial charge in [-0.1, -0.05) is 49.1 Å². The summed E-state index contributed by atoms with van der Waals surface area (Å²) in [6.07, 6.45) is 8.16. The van der Waals surface area contributed by atoms with E-state index in [1.165, 1.54) is 37.7 Å². The van der Waals surface area contributed by atoms with E-state index in [2.05, 4.69) is 34.9 Å². The van der Waals surface area contributed by atoms with Crippen LogP contribution in [-0.2, 0) is 0 Å². The molecule has 1 aromatic rings. The first kappa shape index (κ1) is 14.0. The van der Waals surface area contributed by atoms with Crippen molar-refractivity contribution in [2.24, 2.45) is 5.10 Å². The van der Waals surface area contributed by atoms with Crippen molar-refractivity contribution >= 4 is 23.5 Å².